The lowest BCUT2D eigenvalue weighted by Gasteiger charge is -2.11. The largest absolute Gasteiger partial charge is 0.393 e. The first kappa shape index (κ1) is 15.0. The van der Waals surface area contributed by atoms with Crippen LogP contribution in [0.3, 0.4) is 0 Å². The molecule has 3 rings (SSSR count). The van der Waals surface area contributed by atoms with E-state index in [-0.39, 0.29) is 0 Å². The van der Waals surface area contributed by atoms with E-state index in [2.05, 4.69) is 30.6 Å². The quantitative estimate of drug-likeness (QED) is 0.675. The van der Waals surface area contributed by atoms with Crippen molar-refractivity contribution in [2.45, 2.75) is 6.92 Å². The Kier molecular flexibility index (Phi) is 4.20. The van der Waals surface area contributed by atoms with Crippen molar-refractivity contribution in [1.29, 1.82) is 0 Å². The van der Waals surface area contributed by atoms with Crippen molar-refractivity contribution in [3.05, 3.63) is 53.6 Å². The predicted molar refractivity (Wildman–Crippen MR) is 91.2 cm³/mol. The summed E-state index contributed by atoms with van der Waals surface area (Å²) in [5.74, 6) is 2.15. The van der Waals surface area contributed by atoms with Crippen LogP contribution < -0.4 is 16.4 Å². The van der Waals surface area contributed by atoms with Gasteiger partial charge in [-0.1, -0.05) is 17.7 Å². The molecule has 0 spiro atoms. The molecule has 8 heteroatoms. The zero-order valence-electron chi connectivity index (χ0n) is 12.3. The smallest absolute Gasteiger partial charge is 0.160 e. The maximum atomic E-state index is 6.11. The number of pyridine rings is 2. The summed E-state index contributed by atoms with van der Waals surface area (Å²) in [5, 5.41) is 6.65. The molecule has 0 fully saturated rings. The molecule has 3 aromatic rings. The zero-order valence-corrected chi connectivity index (χ0v) is 13.0. The van der Waals surface area contributed by atoms with Crippen LogP contribution in [0.2, 0.25) is 5.02 Å². The van der Waals surface area contributed by atoms with Crippen molar-refractivity contribution in [1.82, 2.24) is 19.9 Å². The third-order valence-electron chi connectivity index (χ3n) is 3.02. The van der Waals surface area contributed by atoms with Crippen LogP contribution in [-0.2, 0) is 0 Å². The molecule has 23 heavy (non-hydrogen) atoms. The Morgan fingerprint density at radius 2 is 1.48 bits per heavy atom. The van der Waals surface area contributed by atoms with Gasteiger partial charge in [0.25, 0.3) is 0 Å². The third kappa shape index (κ3) is 3.64. The zero-order chi connectivity index (χ0) is 16.2. The monoisotopic (exact) mass is 327 g/mol. The molecule has 0 bridgehead atoms. The average molecular weight is 328 g/mol. The second-order valence-corrected chi connectivity index (χ2v) is 5.25. The van der Waals surface area contributed by atoms with Gasteiger partial charge in [0.2, 0.25) is 0 Å². The lowest BCUT2D eigenvalue weighted by atomic mass is 10.3. The first-order chi connectivity index (χ1) is 11.1. The summed E-state index contributed by atoms with van der Waals surface area (Å²) in [6.45, 7) is 1.97. The molecule has 4 N–H and O–H groups in total. The number of nitrogen functional groups attached to an aromatic ring is 1. The van der Waals surface area contributed by atoms with Gasteiger partial charge in [0.1, 0.15) is 23.7 Å². The number of hydrogen-bond donors (Lipinski definition) is 3. The summed E-state index contributed by atoms with van der Waals surface area (Å²) in [6.07, 6.45) is 4.71. The molecule has 0 atom stereocenters. The summed E-state index contributed by atoms with van der Waals surface area (Å²) >= 11 is 5.81. The molecule has 0 aliphatic heterocycles. The Morgan fingerprint density at radius 3 is 2.00 bits per heavy atom. The number of nitrogens with zero attached hydrogens (tertiary/aromatic N) is 4. The number of aromatic nitrogens is 4. The van der Waals surface area contributed by atoms with E-state index in [1.165, 1.54) is 12.5 Å². The molecule has 0 saturated carbocycles. The van der Waals surface area contributed by atoms with Gasteiger partial charge < -0.3 is 16.4 Å². The fourth-order valence-electron chi connectivity index (χ4n) is 1.83. The number of rotatable bonds is 4. The molecule has 116 valence electrons. The molecule has 0 saturated heterocycles. The van der Waals surface area contributed by atoms with Gasteiger partial charge in [-0.2, -0.15) is 0 Å². The highest BCUT2D eigenvalue weighted by Crippen LogP contribution is 2.27. The van der Waals surface area contributed by atoms with Crippen LogP contribution in [0.1, 0.15) is 5.56 Å². The molecule has 0 aliphatic rings. The average Bonchev–Trinajstić information content (AvgIpc) is 2.55. The van der Waals surface area contributed by atoms with Gasteiger partial charge in [-0.05, 0) is 30.7 Å². The minimum Gasteiger partial charge on any atom is -0.393 e. The minimum atomic E-state index is 0.367. The Balaban J connectivity index is 1.83. The van der Waals surface area contributed by atoms with Crippen molar-refractivity contribution >= 4 is 40.6 Å². The Labute approximate surface area is 138 Å². The second kappa shape index (κ2) is 6.45. The van der Waals surface area contributed by atoms with Gasteiger partial charge in [0, 0.05) is 12.4 Å². The fourth-order valence-corrected chi connectivity index (χ4v) is 1.94. The number of hydrogen-bond acceptors (Lipinski definition) is 7. The SMILES string of the molecule is Cc1ccc(Nc2ncnc(Nc3ccc(Cl)cn3)c2N)nc1. The van der Waals surface area contributed by atoms with Crippen LogP contribution in [0.5, 0.6) is 0 Å². The van der Waals surface area contributed by atoms with Crippen LogP contribution in [0.4, 0.5) is 29.0 Å². The summed E-state index contributed by atoms with van der Waals surface area (Å²) in [6, 6.07) is 7.26. The summed E-state index contributed by atoms with van der Waals surface area (Å²) in [7, 11) is 0. The van der Waals surface area contributed by atoms with E-state index in [4.69, 9.17) is 17.3 Å². The van der Waals surface area contributed by atoms with Gasteiger partial charge in [-0.25, -0.2) is 19.9 Å². The van der Waals surface area contributed by atoms with E-state index in [0.717, 1.165) is 5.56 Å². The molecule has 3 heterocycles. The number of nitrogens with one attached hydrogen (secondary N) is 2. The summed E-state index contributed by atoms with van der Waals surface area (Å²) in [5.41, 5.74) is 7.55. The number of nitrogens with two attached hydrogens (primary N) is 1. The first-order valence-corrected chi connectivity index (χ1v) is 7.18. The van der Waals surface area contributed by atoms with Crippen molar-refractivity contribution in [2.24, 2.45) is 0 Å². The summed E-state index contributed by atoms with van der Waals surface area (Å²) in [4.78, 5) is 16.7. The first-order valence-electron chi connectivity index (χ1n) is 6.80. The molecule has 0 aliphatic carbocycles. The standard InChI is InChI=1S/C15H14ClN7/c1-9-2-4-11(18-6-9)22-14-13(17)15(21-8-20-14)23-12-5-3-10(16)7-19-12/h2-8H,17H2,1H3,(H2,18,19,20,21,22,23). The molecule has 7 nitrogen and oxygen atoms in total. The van der Waals surface area contributed by atoms with Crippen molar-refractivity contribution in [2.75, 3.05) is 16.4 Å². The summed E-state index contributed by atoms with van der Waals surface area (Å²) < 4.78 is 0. The highest BCUT2D eigenvalue weighted by atomic mass is 35.5. The van der Waals surface area contributed by atoms with Crippen LogP contribution in [0.25, 0.3) is 0 Å². The van der Waals surface area contributed by atoms with Gasteiger partial charge in [0.15, 0.2) is 11.6 Å². The van der Waals surface area contributed by atoms with E-state index in [1.54, 1.807) is 18.3 Å². The Hall–Kier alpha value is -2.93. The van der Waals surface area contributed by atoms with Crippen LogP contribution >= 0.6 is 11.6 Å². The van der Waals surface area contributed by atoms with E-state index in [9.17, 15) is 0 Å². The Morgan fingerprint density at radius 1 is 0.870 bits per heavy atom. The van der Waals surface area contributed by atoms with Crippen molar-refractivity contribution < 1.29 is 0 Å². The van der Waals surface area contributed by atoms with E-state index in [0.29, 0.717) is 34.0 Å². The highest BCUT2D eigenvalue weighted by molar-refractivity contribution is 6.30. The molecule has 0 unspecified atom stereocenters. The van der Waals surface area contributed by atoms with Gasteiger partial charge in [-0.3, -0.25) is 0 Å². The van der Waals surface area contributed by atoms with E-state index >= 15 is 0 Å². The van der Waals surface area contributed by atoms with Crippen LogP contribution in [0, 0.1) is 6.92 Å². The molecule has 0 radical (unpaired) electrons. The topological polar surface area (TPSA) is 102 Å². The minimum absolute atomic E-state index is 0.367. The van der Waals surface area contributed by atoms with Gasteiger partial charge in [-0.15, -0.1) is 0 Å². The van der Waals surface area contributed by atoms with Crippen molar-refractivity contribution in [3.8, 4) is 0 Å². The Bertz CT molecular complexity index is 737. The lowest BCUT2D eigenvalue weighted by Crippen LogP contribution is -2.06. The van der Waals surface area contributed by atoms with Crippen LogP contribution in [-0.4, -0.2) is 19.9 Å². The van der Waals surface area contributed by atoms with Gasteiger partial charge in [0.05, 0.1) is 5.02 Å². The fraction of sp³-hybridized carbons (Fsp3) is 0.0667. The molecule has 0 amide bonds. The highest BCUT2D eigenvalue weighted by Gasteiger charge is 2.09. The van der Waals surface area contributed by atoms with E-state index in [1.807, 2.05) is 19.1 Å². The van der Waals surface area contributed by atoms with Crippen LogP contribution in [0.15, 0.2) is 43.0 Å². The normalized spacial score (nSPS) is 10.3. The van der Waals surface area contributed by atoms with Crippen molar-refractivity contribution in [3.63, 3.8) is 0 Å². The maximum absolute atomic E-state index is 6.11. The van der Waals surface area contributed by atoms with E-state index < -0.39 is 0 Å². The lowest BCUT2D eigenvalue weighted by molar-refractivity contribution is 1.15. The van der Waals surface area contributed by atoms with Gasteiger partial charge >= 0.3 is 0 Å². The second-order valence-electron chi connectivity index (χ2n) is 4.82. The molecular weight excluding hydrogens is 314 g/mol. The molecular formula is C15H14ClN7. The number of halogens is 1. The predicted octanol–water partition coefficient (Wildman–Crippen LogP) is 3.30. The molecule has 3 aromatic heterocycles. The number of aryl methyl sites for hydroxylation is 1. The maximum Gasteiger partial charge on any atom is 0.160 e. The third-order valence-corrected chi connectivity index (χ3v) is 3.24. The number of anilines is 5. The molecule has 0 aromatic carbocycles.